The van der Waals surface area contributed by atoms with E-state index in [-0.39, 0.29) is 0 Å². The van der Waals surface area contributed by atoms with Crippen LogP contribution in [-0.2, 0) is 0 Å². The summed E-state index contributed by atoms with van der Waals surface area (Å²) < 4.78 is 0. The van der Waals surface area contributed by atoms with Gasteiger partial charge in [0.2, 0.25) is 0 Å². The second-order valence-corrected chi connectivity index (χ2v) is 3.43. The monoisotopic (exact) mass is 176 g/mol. The van der Waals surface area contributed by atoms with E-state index in [1.165, 1.54) is 5.57 Å². The van der Waals surface area contributed by atoms with Crippen molar-refractivity contribution in [3.63, 3.8) is 0 Å². The van der Waals surface area contributed by atoms with Gasteiger partial charge >= 0.3 is 0 Å². The van der Waals surface area contributed by atoms with Crippen LogP contribution < -0.4 is 5.32 Å². The van der Waals surface area contributed by atoms with Gasteiger partial charge in [0, 0.05) is 18.8 Å². The summed E-state index contributed by atoms with van der Waals surface area (Å²) in [5, 5.41) is 10.6. The van der Waals surface area contributed by atoms with Gasteiger partial charge in [0.05, 0.1) is 5.71 Å². The van der Waals surface area contributed by atoms with E-state index in [2.05, 4.69) is 25.2 Å². The van der Waals surface area contributed by atoms with Crippen molar-refractivity contribution in [3.05, 3.63) is 35.6 Å². The van der Waals surface area contributed by atoms with E-state index < -0.39 is 0 Å². The van der Waals surface area contributed by atoms with Gasteiger partial charge in [-0.15, -0.1) is 0 Å². The lowest BCUT2D eigenvalue weighted by Gasteiger charge is -2.13. The molecule has 2 nitrogen and oxygen atoms in total. The molecule has 70 valence electrons. The van der Waals surface area contributed by atoms with Crippen LogP contribution in [0.4, 0.5) is 0 Å². The smallest absolute Gasteiger partial charge is 0.0626 e. The van der Waals surface area contributed by atoms with Gasteiger partial charge in [-0.25, -0.2) is 0 Å². The minimum atomic E-state index is 0.518. The second-order valence-electron chi connectivity index (χ2n) is 3.43. The van der Waals surface area contributed by atoms with Crippen LogP contribution in [0.15, 0.2) is 35.6 Å². The number of hydrogen-bond acceptors (Lipinski definition) is 2. The summed E-state index contributed by atoms with van der Waals surface area (Å²) >= 11 is 0. The van der Waals surface area contributed by atoms with Crippen LogP contribution in [0.3, 0.4) is 0 Å². The van der Waals surface area contributed by atoms with Crippen LogP contribution in [0.2, 0.25) is 0 Å². The van der Waals surface area contributed by atoms with Gasteiger partial charge in [-0.1, -0.05) is 19.9 Å². The highest BCUT2D eigenvalue weighted by molar-refractivity contribution is 6.09. The molecule has 0 radical (unpaired) electrons. The molecule has 0 saturated carbocycles. The molecule has 0 atom stereocenters. The van der Waals surface area contributed by atoms with Crippen molar-refractivity contribution in [2.24, 2.45) is 5.92 Å². The lowest BCUT2D eigenvalue weighted by Crippen LogP contribution is -2.07. The molecule has 0 amide bonds. The van der Waals surface area contributed by atoms with Crippen molar-refractivity contribution in [3.8, 4) is 0 Å². The fourth-order valence-electron chi connectivity index (χ4n) is 1.22. The van der Waals surface area contributed by atoms with Crippen molar-refractivity contribution in [1.82, 2.24) is 5.32 Å². The van der Waals surface area contributed by atoms with Gasteiger partial charge in [-0.05, 0) is 23.6 Å². The first-order valence-corrected chi connectivity index (χ1v) is 4.51. The first kappa shape index (κ1) is 9.78. The standard InChI is InChI=1S/C11H16N2/c1-8(2)9-4-5-11(12)10(6-9)7-13-3/h4-8,12-13H,1-3H3/b10-7-,12-11?. The molecule has 0 fully saturated rings. The maximum atomic E-state index is 7.64. The predicted molar refractivity (Wildman–Crippen MR) is 56.9 cm³/mol. The highest BCUT2D eigenvalue weighted by Crippen LogP contribution is 2.19. The molecule has 0 bridgehead atoms. The molecule has 13 heavy (non-hydrogen) atoms. The molecule has 0 spiro atoms. The highest BCUT2D eigenvalue weighted by Gasteiger charge is 2.08. The summed E-state index contributed by atoms with van der Waals surface area (Å²) in [6.45, 7) is 4.31. The van der Waals surface area contributed by atoms with Gasteiger partial charge in [0.1, 0.15) is 0 Å². The molecule has 0 saturated heterocycles. The minimum Gasteiger partial charge on any atom is -0.393 e. The van der Waals surface area contributed by atoms with Crippen molar-refractivity contribution in [1.29, 1.82) is 5.41 Å². The Morgan fingerprint density at radius 3 is 2.62 bits per heavy atom. The second kappa shape index (κ2) is 4.08. The third-order valence-corrected chi connectivity index (χ3v) is 2.04. The maximum Gasteiger partial charge on any atom is 0.0626 e. The fourth-order valence-corrected chi connectivity index (χ4v) is 1.22. The fraction of sp³-hybridized carbons (Fsp3) is 0.364. The van der Waals surface area contributed by atoms with Crippen LogP contribution in [-0.4, -0.2) is 12.8 Å². The van der Waals surface area contributed by atoms with Gasteiger partial charge in [0.25, 0.3) is 0 Å². The molecule has 0 aromatic heterocycles. The van der Waals surface area contributed by atoms with Crippen LogP contribution in [0.25, 0.3) is 0 Å². The van der Waals surface area contributed by atoms with Crippen molar-refractivity contribution >= 4 is 5.71 Å². The van der Waals surface area contributed by atoms with Gasteiger partial charge in [0.15, 0.2) is 0 Å². The summed E-state index contributed by atoms with van der Waals surface area (Å²) in [6, 6.07) is 0. The molecule has 0 aliphatic heterocycles. The Morgan fingerprint density at radius 1 is 1.38 bits per heavy atom. The lowest BCUT2D eigenvalue weighted by molar-refractivity contribution is 0.790. The third kappa shape index (κ3) is 2.31. The molecule has 0 heterocycles. The summed E-state index contributed by atoms with van der Waals surface area (Å²) in [7, 11) is 1.85. The topological polar surface area (TPSA) is 35.9 Å². The zero-order valence-electron chi connectivity index (χ0n) is 8.39. The largest absolute Gasteiger partial charge is 0.393 e. The average molecular weight is 176 g/mol. The van der Waals surface area contributed by atoms with E-state index in [1.54, 1.807) is 0 Å². The molecular weight excluding hydrogens is 160 g/mol. The van der Waals surface area contributed by atoms with Crippen LogP contribution in [0, 0.1) is 11.3 Å². The average Bonchev–Trinajstić information content (AvgIpc) is 2.08. The molecule has 1 rings (SSSR count). The lowest BCUT2D eigenvalue weighted by atomic mass is 9.94. The molecule has 2 N–H and O–H groups in total. The number of rotatable bonds is 2. The Hall–Kier alpha value is -1.31. The SMILES string of the molecule is CN/C=C1/C=C(C(C)C)C=CC1=N. The van der Waals surface area contributed by atoms with Crippen LogP contribution in [0.5, 0.6) is 0 Å². The van der Waals surface area contributed by atoms with Crippen molar-refractivity contribution < 1.29 is 0 Å². The normalized spacial score (nSPS) is 19.5. The highest BCUT2D eigenvalue weighted by atomic mass is 14.8. The van der Waals surface area contributed by atoms with Crippen LogP contribution >= 0.6 is 0 Å². The van der Waals surface area contributed by atoms with E-state index in [0.717, 1.165) is 5.57 Å². The minimum absolute atomic E-state index is 0.518. The summed E-state index contributed by atoms with van der Waals surface area (Å²) in [6.07, 6.45) is 7.77. The Labute approximate surface area is 79.5 Å². The third-order valence-electron chi connectivity index (χ3n) is 2.04. The summed E-state index contributed by atoms with van der Waals surface area (Å²) in [4.78, 5) is 0. The molecule has 1 aliphatic rings. The molecule has 1 aliphatic carbocycles. The van der Waals surface area contributed by atoms with Crippen molar-refractivity contribution in [2.75, 3.05) is 7.05 Å². The van der Waals surface area contributed by atoms with E-state index in [0.29, 0.717) is 11.6 Å². The van der Waals surface area contributed by atoms with E-state index >= 15 is 0 Å². The quantitative estimate of drug-likeness (QED) is 0.665. The zero-order valence-corrected chi connectivity index (χ0v) is 8.39. The Kier molecular flexibility index (Phi) is 3.07. The van der Waals surface area contributed by atoms with Gasteiger partial charge < -0.3 is 10.7 Å². The van der Waals surface area contributed by atoms with Gasteiger partial charge in [-0.3, -0.25) is 0 Å². The number of nitrogens with one attached hydrogen (secondary N) is 2. The number of hydrogen-bond donors (Lipinski definition) is 2. The number of allylic oxidation sites excluding steroid dienone is 5. The first-order valence-electron chi connectivity index (χ1n) is 4.51. The zero-order chi connectivity index (χ0) is 9.84. The van der Waals surface area contributed by atoms with E-state index in [4.69, 9.17) is 5.41 Å². The van der Waals surface area contributed by atoms with E-state index in [1.807, 2.05) is 25.4 Å². The maximum absolute atomic E-state index is 7.64. The van der Waals surface area contributed by atoms with E-state index in [9.17, 15) is 0 Å². The summed E-state index contributed by atoms with van der Waals surface area (Å²) in [5.74, 6) is 0.518. The van der Waals surface area contributed by atoms with Crippen molar-refractivity contribution in [2.45, 2.75) is 13.8 Å². The molecule has 0 aromatic carbocycles. The first-order chi connectivity index (χ1) is 6.15. The molecule has 0 aromatic rings. The summed E-state index contributed by atoms with van der Waals surface area (Å²) in [5.41, 5.74) is 2.80. The predicted octanol–water partition coefficient (Wildman–Crippen LogP) is 2.26. The van der Waals surface area contributed by atoms with Crippen LogP contribution in [0.1, 0.15) is 13.8 Å². The Bertz CT molecular complexity index is 293. The molecule has 0 unspecified atom stereocenters. The van der Waals surface area contributed by atoms with Gasteiger partial charge in [-0.2, -0.15) is 0 Å². The molecule has 2 heteroatoms. The Balaban J connectivity index is 2.93. The Morgan fingerprint density at radius 2 is 2.08 bits per heavy atom. The molecular formula is C11H16N2.